The number of hydrogen-bond donors (Lipinski definition) is 0. The molecule has 0 aromatic carbocycles. The van der Waals surface area contributed by atoms with Crippen molar-refractivity contribution in [2.24, 2.45) is 10.8 Å². The predicted molar refractivity (Wildman–Crippen MR) is 81.0 cm³/mol. The first-order valence-corrected chi connectivity index (χ1v) is 7.07. The molecule has 0 aromatic rings. The van der Waals surface area contributed by atoms with Crippen LogP contribution in [0.25, 0.3) is 0 Å². The molecule has 2 nitrogen and oxygen atoms in total. The van der Waals surface area contributed by atoms with Gasteiger partial charge in [-0.3, -0.25) is 0 Å². The molecule has 0 aliphatic heterocycles. The molecule has 0 aromatic heterocycles. The van der Waals surface area contributed by atoms with Crippen molar-refractivity contribution < 1.29 is 9.47 Å². The second kappa shape index (κ2) is 6.42. The first-order chi connectivity index (χ1) is 8.80. The maximum absolute atomic E-state index is 5.78. The van der Waals surface area contributed by atoms with Crippen LogP contribution in [0.1, 0.15) is 41.0 Å². The van der Waals surface area contributed by atoms with Gasteiger partial charge in [0.1, 0.15) is 12.4 Å². The molecule has 1 aliphatic carbocycles. The molecule has 0 unspecified atom stereocenters. The average Bonchev–Trinajstić information content (AvgIpc) is 2.31. The van der Waals surface area contributed by atoms with E-state index in [2.05, 4.69) is 58.9 Å². The maximum Gasteiger partial charge on any atom is 0.116 e. The van der Waals surface area contributed by atoms with Crippen LogP contribution in [-0.2, 0) is 9.47 Å². The molecule has 0 spiro atoms. The van der Waals surface area contributed by atoms with Gasteiger partial charge in [-0.1, -0.05) is 52.3 Å². The Kier molecular flexibility index (Phi) is 5.42. The first-order valence-electron chi connectivity index (χ1n) is 7.07. The smallest absolute Gasteiger partial charge is 0.116 e. The number of allylic oxidation sites excluding steroid dienone is 5. The molecule has 0 saturated carbocycles. The molecule has 0 saturated heterocycles. The molecule has 108 valence electrons. The van der Waals surface area contributed by atoms with E-state index in [0.717, 1.165) is 12.2 Å². The SMILES string of the molecule is CC/C1=C/C(C)(C)/C=C(OCCOC)\C=C/C1(C)C. The minimum atomic E-state index is 0.00970. The van der Waals surface area contributed by atoms with E-state index >= 15 is 0 Å². The summed E-state index contributed by atoms with van der Waals surface area (Å²) in [6, 6.07) is 0. The highest BCUT2D eigenvalue weighted by Crippen LogP contribution is 2.37. The molecule has 0 fully saturated rings. The second-order valence-electron chi connectivity index (χ2n) is 6.29. The highest BCUT2D eigenvalue weighted by atomic mass is 16.5. The number of ether oxygens (including phenoxy) is 2. The first kappa shape index (κ1) is 16.0. The lowest BCUT2D eigenvalue weighted by Gasteiger charge is -2.30. The summed E-state index contributed by atoms with van der Waals surface area (Å²) in [7, 11) is 1.69. The third kappa shape index (κ3) is 4.87. The van der Waals surface area contributed by atoms with Crippen molar-refractivity contribution in [1.82, 2.24) is 0 Å². The molecule has 0 bridgehead atoms. The van der Waals surface area contributed by atoms with Gasteiger partial charge in [0.05, 0.1) is 6.61 Å². The van der Waals surface area contributed by atoms with Gasteiger partial charge >= 0.3 is 0 Å². The van der Waals surface area contributed by atoms with Gasteiger partial charge in [-0.2, -0.15) is 0 Å². The zero-order chi connectivity index (χ0) is 14.5. The summed E-state index contributed by atoms with van der Waals surface area (Å²) in [5, 5.41) is 0. The molecule has 0 N–H and O–H groups in total. The lowest BCUT2D eigenvalue weighted by Crippen LogP contribution is -2.18. The number of methoxy groups -OCH3 is 1. The third-order valence-electron chi connectivity index (χ3n) is 3.49. The maximum atomic E-state index is 5.78. The summed E-state index contributed by atoms with van der Waals surface area (Å²) in [4.78, 5) is 0. The van der Waals surface area contributed by atoms with Crippen LogP contribution in [0.3, 0.4) is 0 Å². The zero-order valence-corrected chi connectivity index (χ0v) is 13.2. The van der Waals surface area contributed by atoms with Crippen LogP contribution in [0.5, 0.6) is 0 Å². The van der Waals surface area contributed by atoms with Crippen LogP contribution in [0.4, 0.5) is 0 Å². The second-order valence-corrected chi connectivity index (χ2v) is 6.29. The zero-order valence-electron chi connectivity index (χ0n) is 13.2. The van der Waals surface area contributed by atoms with E-state index in [9.17, 15) is 0 Å². The summed E-state index contributed by atoms with van der Waals surface area (Å²) < 4.78 is 10.8. The monoisotopic (exact) mass is 264 g/mol. The average molecular weight is 264 g/mol. The lowest BCUT2D eigenvalue weighted by atomic mass is 9.76. The van der Waals surface area contributed by atoms with Crippen LogP contribution in [0.2, 0.25) is 0 Å². The highest BCUT2D eigenvalue weighted by Gasteiger charge is 2.24. The summed E-state index contributed by atoms with van der Waals surface area (Å²) in [5.74, 6) is 0.932. The van der Waals surface area contributed by atoms with Gasteiger partial charge in [0.15, 0.2) is 0 Å². The minimum Gasteiger partial charge on any atom is -0.492 e. The van der Waals surface area contributed by atoms with Gasteiger partial charge in [0.2, 0.25) is 0 Å². The fourth-order valence-corrected chi connectivity index (χ4v) is 2.38. The van der Waals surface area contributed by atoms with E-state index in [1.807, 2.05) is 0 Å². The quantitative estimate of drug-likeness (QED) is 0.538. The van der Waals surface area contributed by atoms with Crippen molar-refractivity contribution in [2.75, 3.05) is 20.3 Å². The fourth-order valence-electron chi connectivity index (χ4n) is 2.38. The summed E-state index contributed by atoms with van der Waals surface area (Å²) in [5.41, 5.74) is 1.56. The van der Waals surface area contributed by atoms with Crippen LogP contribution >= 0.6 is 0 Å². The summed E-state index contributed by atoms with van der Waals surface area (Å²) >= 11 is 0. The molecule has 1 aliphatic rings. The van der Waals surface area contributed by atoms with Gasteiger partial charge in [-0.15, -0.1) is 0 Å². The fraction of sp³-hybridized carbons (Fsp3) is 0.647. The normalized spacial score (nSPS) is 28.3. The van der Waals surface area contributed by atoms with Crippen molar-refractivity contribution in [3.8, 4) is 0 Å². The molecule has 2 heteroatoms. The van der Waals surface area contributed by atoms with Crippen LogP contribution in [0, 0.1) is 10.8 Å². The van der Waals surface area contributed by atoms with E-state index in [0.29, 0.717) is 13.2 Å². The van der Waals surface area contributed by atoms with E-state index in [1.165, 1.54) is 5.57 Å². The largest absolute Gasteiger partial charge is 0.492 e. The van der Waals surface area contributed by atoms with Gasteiger partial charge in [0.25, 0.3) is 0 Å². The topological polar surface area (TPSA) is 18.5 Å². The van der Waals surface area contributed by atoms with Gasteiger partial charge in [-0.25, -0.2) is 0 Å². The molecular formula is C17H28O2. The van der Waals surface area contributed by atoms with Crippen molar-refractivity contribution in [3.63, 3.8) is 0 Å². The van der Waals surface area contributed by atoms with Crippen LogP contribution in [-0.4, -0.2) is 20.3 Å². The summed E-state index contributed by atoms with van der Waals surface area (Å²) in [6.45, 7) is 12.4. The third-order valence-corrected chi connectivity index (χ3v) is 3.49. The van der Waals surface area contributed by atoms with Gasteiger partial charge in [-0.05, 0) is 18.6 Å². The molecule has 0 atom stereocenters. The van der Waals surface area contributed by atoms with Crippen molar-refractivity contribution in [1.29, 1.82) is 0 Å². The Hall–Kier alpha value is -1.02. The molecule has 1 rings (SSSR count). The van der Waals surface area contributed by atoms with Crippen LogP contribution in [0.15, 0.2) is 35.6 Å². The van der Waals surface area contributed by atoms with Crippen molar-refractivity contribution in [2.45, 2.75) is 41.0 Å². The van der Waals surface area contributed by atoms with E-state index in [1.54, 1.807) is 7.11 Å². The molecule has 0 amide bonds. The Morgan fingerprint density at radius 3 is 2.32 bits per heavy atom. The standard InChI is InChI=1S/C17H28O2/c1-7-14-12-16(2,3)13-15(19-11-10-18-6)8-9-17(14,4)5/h8-9,12-13H,7,10-11H2,1-6H3/b9-8-,14-12-,15-13+. The van der Waals surface area contributed by atoms with E-state index < -0.39 is 0 Å². The Balaban J connectivity index is 3.02. The lowest BCUT2D eigenvalue weighted by molar-refractivity contribution is 0.113. The minimum absolute atomic E-state index is 0.00970. The Morgan fingerprint density at radius 2 is 1.74 bits per heavy atom. The Morgan fingerprint density at radius 1 is 1.05 bits per heavy atom. The molecular weight excluding hydrogens is 236 g/mol. The Labute approximate surface area is 118 Å². The van der Waals surface area contributed by atoms with E-state index in [-0.39, 0.29) is 10.8 Å². The predicted octanol–water partition coefficient (Wildman–Crippen LogP) is 4.49. The highest BCUT2D eigenvalue weighted by molar-refractivity contribution is 5.31. The van der Waals surface area contributed by atoms with Gasteiger partial charge < -0.3 is 9.47 Å². The molecule has 0 radical (unpaired) electrons. The van der Waals surface area contributed by atoms with Crippen molar-refractivity contribution in [3.05, 3.63) is 35.6 Å². The van der Waals surface area contributed by atoms with Crippen molar-refractivity contribution >= 4 is 0 Å². The van der Waals surface area contributed by atoms with Crippen LogP contribution < -0.4 is 0 Å². The molecule has 0 heterocycles. The van der Waals surface area contributed by atoms with E-state index in [4.69, 9.17) is 9.47 Å². The number of rotatable bonds is 5. The Bertz CT molecular complexity index is 384. The number of hydrogen-bond acceptors (Lipinski definition) is 2. The summed E-state index contributed by atoms with van der Waals surface area (Å²) in [6.07, 6.45) is 9.96. The van der Waals surface area contributed by atoms with Gasteiger partial charge in [0, 0.05) is 17.9 Å². The molecule has 19 heavy (non-hydrogen) atoms.